The van der Waals surface area contributed by atoms with Crippen LogP contribution >= 0.6 is 0 Å². The molecule has 0 saturated carbocycles. The molecule has 1 atom stereocenters. The summed E-state index contributed by atoms with van der Waals surface area (Å²) in [6.45, 7) is 1.27. The minimum Gasteiger partial charge on any atom is -0.496 e. The molecule has 0 aromatic heterocycles. The molecule has 1 saturated heterocycles. The van der Waals surface area contributed by atoms with E-state index in [4.69, 9.17) is 4.74 Å². The summed E-state index contributed by atoms with van der Waals surface area (Å²) in [6, 6.07) is 7.77. The van der Waals surface area contributed by atoms with Crippen LogP contribution < -0.4 is 14.8 Å². The quantitative estimate of drug-likeness (QED) is 0.803. The van der Waals surface area contributed by atoms with Gasteiger partial charge in [0.15, 0.2) is 0 Å². The summed E-state index contributed by atoms with van der Waals surface area (Å²) < 4.78 is 32.0. The lowest BCUT2D eigenvalue weighted by Gasteiger charge is -2.23. The second-order valence-electron chi connectivity index (χ2n) is 5.39. The number of nitrogens with one attached hydrogen (secondary N) is 2. The Morgan fingerprint density at radius 3 is 2.86 bits per heavy atom. The molecule has 1 aromatic carbocycles. The zero-order valence-corrected chi connectivity index (χ0v) is 13.3. The highest BCUT2D eigenvalue weighted by molar-refractivity contribution is 7.89. The molecule has 0 bridgehead atoms. The van der Waals surface area contributed by atoms with Gasteiger partial charge in [0.25, 0.3) is 0 Å². The summed E-state index contributed by atoms with van der Waals surface area (Å²) in [4.78, 5) is 0. The lowest BCUT2D eigenvalue weighted by molar-refractivity contribution is 0.392. The lowest BCUT2D eigenvalue weighted by Crippen LogP contribution is -2.37. The molecule has 1 aliphatic rings. The van der Waals surface area contributed by atoms with Gasteiger partial charge in [-0.1, -0.05) is 24.6 Å². The van der Waals surface area contributed by atoms with Crippen LogP contribution in [-0.4, -0.2) is 33.9 Å². The normalized spacial score (nSPS) is 19.4. The maximum Gasteiger partial charge on any atom is 0.211 e. The van der Waals surface area contributed by atoms with E-state index in [1.165, 1.54) is 12.8 Å². The Hall–Kier alpha value is -1.11. The first-order valence-electron chi connectivity index (χ1n) is 7.43. The summed E-state index contributed by atoms with van der Waals surface area (Å²) in [5.74, 6) is 0.869. The molecule has 21 heavy (non-hydrogen) atoms. The Morgan fingerprint density at radius 2 is 2.14 bits per heavy atom. The van der Waals surface area contributed by atoms with Crippen LogP contribution in [0.25, 0.3) is 0 Å². The number of sulfonamides is 1. The maximum absolute atomic E-state index is 12.1. The van der Waals surface area contributed by atoms with E-state index in [0.717, 1.165) is 18.5 Å². The number of rotatable bonds is 7. The van der Waals surface area contributed by atoms with Gasteiger partial charge >= 0.3 is 0 Å². The summed E-state index contributed by atoms with van der Waals surface area (Å²) in [5, 5.41) is 3.37. The Labute approximate surface area is 127 Å². The smallest absolute Gasteiger partial charge is 0.211 e. The van der Waals surface area contributed by atoms with Crippen LogP contribution in [0.5, 0.6) is 5.75 Å². The number of methoxy groups -OCH3 is 1. The van der Waals surface area contributed by atoms with Crippen molar-refractivity contribution >= 4 is 10.0 Å². The van der Waals surface area contributed by atoms with E-state index in [1.54, 1.807) is 7.11 Å². The fourth-order valence-electron chi connectivity index (χ4n) is 2.58. The molecule has 6 heteroatoms. The summed E-state index contributed by atoms with van der Waals surface area (Å²) in [6.07, 6.45) is 4.12. The fourth-order valence-corrected chi connectivity index (χ4v) is 3.69. The van der Waals surface area contributed by atoms with Crippen LogP contribution in [0.2, 0.25) is 0 Å². The van der Waals surface area contributed by atoms with Gasteiger partial charge in [-0.2, -0.15) is 0 Å². The van der Waals surface area contributed by atoms with Crippen LogP contribution in [0.3, 0.4) is 0 Å². The molecule has 0 aliphatic carbocycles. The van der Waals surface area contributed by atoms with E-state index in [0.29, 0.717) is 18.2 Å². The zero-order chi connectivity index (χ0) is 15.1. The van der Waals surface area contributed by atoms with Crippen LogP contribution in [0.15, 0.2) is 24.3 Å². The number of ether oxygens (including phenoxy) is 1. The van der Waals surface area contributed by atoms with E-state index < -0.39 is 10.0 Å². The van der Waals surface area contributed by atoms with Crippen molar-refractivity contribution < 1.29 is 13.2 Å². The van der Waals surface area contributed by atoms with Gasteiger partial charge in [0, 0.05) is 18.2 Å². The Balaban J connectivity index is 1.83. The van der Waals surface area contributed by atoms with Gasteiger partial charge in [-0.25, -0.2) is 13.1 Å². The summed E-state index contributed by atoms with van der Waals surface area (Å²) in [5.41, 5.74) is 0.847. The third-order valence-electron chi connectivity index (χ3n) is 3.82. The van der Waals surface area contributed by atoms with Gasteiger partial charge in [-0.05, 0) is 31.9 Å². The van der Waals surface area contributed by atoms with E-state index >= 15 is 0 Å². The van der Waals surface area contributed by atoms with Crippen molar-refractivity contribution in [3.05, 3.63) is 29.8 Å². The van der Waals surface area contributed by atoms with Gasteiger partial charge in [0.1, 0.15) is 5.75 Å². The molecule has 118 valence electrons. The Kier molecular flexibility index (Phi) is 6.02. The number of hydrogen-bond donors (Lipinski definition) is 2. The van der Waals surface area contributed by atoms with Crippen molar-refractivity contribution in [1.82, 2.24) is 10.0 Å². The minimum absolute atomic E-state index is 0.166. The van der Waals surface area contributed by atoms with Crippen molar-refractivity contribution in [3.63, 3.8) is 0 Å². The molecular formula is C15H24N2O3S. The Bertz CT molecular complexity index is 540. The number of hydrogen-bond acceptors (Lipinski definition) is 4. The third-order valence-corrected chi connectivity index (χ3v) is 5.18. The highest BCUT2D eigenvalue weighted by Crippen LogP contribution is 2.17. The maximum atomic E-state index is 12.1. The monoisotopic (exact) mass is 312 g/mol. The SMILES string of the molecule is COc1ccccc1CNS(=O)(=O)CCC1CCCCN1. The van der Waals surface area contributed by atoms with Gasteiger partial charge in [0.2, 0.25) is 10.0 Å². The molecule has 0 spiro atoms. The zero-order valence-electron chi connectivity index (χ0n) is 12.5. The van der Waals surface area contributed by atoms with E-state index in [9.17, 15) is 8.42 Å². The summed E-state index contributed by atoms with van der Waals surface area (Å²) in [7, 11) is -1.66. The molecule has 0 radical (unpaired) electrons. The Morgan fingerprint density at radius 1 is 1.33 bits per heavy atom. The molecule has 2 rings (SSSR count). The molecule has 1 unspecified atom stereocenters. The van der Waals surface area contributed by atoms with Gasteiger partial charge in [0.05, 0.1) is 12.9 Å². The fraction of sp³-hybridized carbons (Fsp3) is 0.600. The predicted octanol–water partition coefficient (Wildman–Crippen LogP) is 1.65. The largest absolute Gasteiger partial charge is 0.496 e. The standard InChI is InChI=1S/C15H24N2O3S/c1-20-15-8-3-2-6-13(15)12-17-21(18,19)11-9-14-7-4-5-10-16-14/h2-3,6,8,14,16-17H,4-5,7,9-12H2,1H3. The second-order valence-corrected chi connectivity index (χ2v) is 7.31. The average Bonchev–Trinajstić information content (AvgIpc) is 2.52. The number of para-hydroxylation sites is 1. The topological polar surface area (TPSA) is 67.4 Å². The van der Waals surface area contributed by atoms with Crippen LogP contribution in [0, 0.1) is 0 Å². The first-order valence-corrected chi connectivity index (χ1v) is 9.08. The number of benzene rings is 1. The molecular weight excluding hydrogens is 288 g/mol. The highest BCUT2D eigenvalue weighted by Gasteiger charge is 2.17. The van der Waals surface area contributed by atoms with Crippen LogP contribution in [0.4, 0.5) is 0 Å². The van der Waals surface area contributed by atoms with Crippen molar-refractivity contribution in [1.29, 1.82) is 0 Å². The van der Waals surface area contributed by atoms with Crippen molar-refractivity contribution in [2.24, 2.45) is 0 Å². The van der Waals surface area contributed by atoms with Crippen LogP contribution in [0.1, 0.15) is 31.2 Å². The lowest BCUT2D eigenvalue weighted by atomic mass is 10.0. The second kappa shape index (κ2) is 7.77. The highest BCUT2D eigenvalue weighted by atomic mass is 32.2. The molecule has 1 aliphatic heterocycles. The molecule has 5 nitrogen and oxygen atoms in total. The summed E-state index contributed by atoms with van der Waals surface area (Å²) >= 11 is 0. The van der Waals surface area contributed by atoms with E-state index in [1.807, 2.05) is 24.3 Å². The van der Waals surface area contributed by atoms with Gasteiger partial charge < -0.3 is 10.1 Å². The van der Waals surface area contributed by atoms with Crippen LogP contribution in [-0.2, 0) is 16.6 Å². The van der Waals surface area contributed by atoms with Crippen molar-refractivity contribution in [3.8, 4) is 5.75 Å². The molecule has 1 aromatic rings. The molecule has 1 fully saturated rings. The van der Waals surface area contributed by atoms with Crippen molar-refractivity contribution in [2.75, 3.05) is 19.4 Å². The third kappa shape index (κ3) is 5.30. The molecule has 1 heterocycles. The minimum atomic E-state index is -3.25. The molecule has 2 N–H and O–H groups in total. The van der Waals surface area contributed by atoms with E-state index in [-0.39, 0.29) is 12.3 Å². The van der Waals surface area contributed by atoms with Crippen molar-refractivity contribution in [2.45, 2.75) is 38.3 Å². The first-order chi connectivity index (χ1) is 10.1. The van der Waals surface area contributed by atoms with Gasteiger partial charge in [-0.15, -0.1) is 0 Å². The molecule has 0 amide bonds. The number of piperidine rings is 1. The predicted molar refractivity (Wildman–Crippen MR) is 83.9 cm³/mol. The first kappa shape index (κ1) is 16.3. The average molecular weight is 312 g/mol. The van der Waals surface area contributed by atoms with E-state index in [2.05, 4.69) is 10.0 Å². The van der Waals surface area contributed by atoms with Gasteiger partial charge in [-0.3, -0.25) is 0 Å².